The topological polar surface area (TPSA) is 70.6 Å². The van der Waals surface area contributed by atoms with Crippen LogP contribution < -0.4 is 10.6 Å². The van der Waals surface area contributed by atoms with Crippen molar-refractivity contribution in [1.29, 1.82) is 0 Å². The molecule has 0 amide bonds. The number of benzene rings is 1. The van der Waals surface area contributed by atoms with Gasteiger partial charge < -0.3 is 10.6 Å². The lowest BCUT2D eigenvalue weighted by Gasteiger charge is -2.21. The van der Waals surface area contributed by atoms with Gasteiger partial charge in [0.2, 0.25) is 0 Å². The van der Waals surface area contributed by atoms with Crippen molar-refractivity contribution < 1.29 is 8.42 Å². The van der Waals surface area contributed by atoms with E-state index >= 15 is 0 Å². The van der Waals surface area contributed by atoms with E-state index in [1.807, 2.05) is 6.07 Å². The maximum atomic E-state index is 11.6. The summed E-state index contributed by atoms with van der Waals surface area (Å²) < 4.78 is 24.2. The van der Waals surface area contributed by atoms with E-state index < -0.39 is 9.84 Å². The van der Waals surface area contributed by atoms with Crippen LogP contribution in [0.25, 0.3) is 0 Å². The zero-order valence-corrected chi connectivity index (χ0v) is 18.3. The minimum Gasteiger partial charge on any atom is -0.356 e. The fourth-order valence-corrected chi connectivity index (χ4v) is 5.16. The van der Waals surface area contributed by atoms with Crippen LogP contribution in [0.5, 0.6) is 0 Å². The maximum absolute atomic E-state index is 11.6. The highest BCUT2D eigenvalue weighted by atomic mass is 127. The van der Waals surface area contributed by atoms with E-state index in [1.54, 1.807) is 7.05 Å². The molecule has 1 aromatic carbocycles. The number of nitrogens with zero attached hydrogens (tertiary/aromatic N) is 1. The molecule has 0 radical (unpaired) electrons. The smallest absolute Gasteiger partial charge is 0.191 e. The number of aliphatic imine (C=N–C) groups is 1. The zero-order chi connectivity index (χ0) is 16.5. The average molecular weight is 528 g/mol. The monoisotopic (exact) mass is 527 g/mol. The Bertz CT molecular complexity index is 720. The SMILES string of the molecule is CN=C(NCC1(c2cccc(Br)c2)CC1)NC1CCS(=O)(=O)C1.I. The largest absolute Gasteiger partial charge is 0.356 e. The van der Waals surface area contributed by atoms with Crippen LogP contribution in [-0.2, 0) is 15.3 Å². The highest BCUT2D eigenvalue weighted by Crippen LogP contribution is 2.48. The first kappa shape index (κ1) is 20.0. The van der Waals surface area contributed by atoms with Gasteiger partial charge in [0.15, 0.2) is 15.8 Å². The summed E-state index contributed by atoms with van der Waals surface area (Å²) in [5, 5.41) is 6.61. The van der Waals surface area contributed by atoms with E-state index in [4.69, 9.17) is 0 Å². The number of halogens is 2. The molecule has 2 aliphatic rings. The molecular formula is C16H23BrIN3O2S. The Morgan fingerprint density at radius 2 is 2.17 bits per heavy atom. The molecule has 0 bridgehead atoms. The predicted molar refractivity (Wildman–Crippen MR) is 112 cm³/mol. The molecule has 0 aromatic heterocycles. The van der Waals surface area contributed by atoms with Gasteiger partial charge in [0.05, 0.1) is 11.5 Å². The molecule has 1 aliphatic carbocycles. The average Bonchev–Trinajstić information content (AvgIpc) is 3.22. The van der Waals surface area contributed by atoms with Crippen molar-refractivity contribution in [1.82, 2.24) is 10.6 Å². The van der Waals surface area contributed by atoms with Gasteiger partial charge >= 0.3 is 0 Å². The molecule has 2 N–H and O–H groups in total. The molecule has 1 aromatic rings. The van der Waals surface area contributed by atoms with E-state index in [1.165, 1.54) is 5.56 Å². The predicted octanol–water partition coefficient (Wildman–Crippen LogP) is 2.45. The van der Waals surface area contributed by atoms with Crippen molar-refractivity contribution in [2.45, 2.75) is 30.7 Å². The Morgan fingerprint density at radius 1 is 1.42 bits per heavy atom. The fourth-order valence-electron chi connectivity index (χ4n) is 3.09. The summed E-state index contributed by atoms with van der Waals surface area (Å²) in [5.74, 6) is 1.15. The first-order chi connectivity index (χ1) is 10.9. The van der Waals surface area contributed by atoms with Crippen LogP contribution in [0.4, 0.5) is 0 Å². The fraction of sp³-hybridized carbons (Fsp3) is 0.562. The van der Waals surface area contributed by atoms with Crippen molar-refractivity contribution in [3.8, 4) is 0 Å². The zero-order valence-electron chi connectivity index (χ0n) is 13.6. The molecule has 3 rings (SSSR count). The summed E-state index contributed by atoms with van der Waals surface area (Å²) in [6.07, 6.45) is 2.97. The minimum atomic E-state index is -2.88. The van der Waals surface area contributed by atoms with Gasteiger partial charge in [-0.05, 0) is 37.0 Å². The Morgan fingerprint density at radius 3 is 2.71 bits per heavy atom. The lowest BCUT2D eigenvalue weighted by molar-refractivity contribution is 0.597. The molecule has 1 saturated carbocycles. The molecule has 2 fully saturated rings. The maximum Gasteiger partial charge on any atom is 0.191 e. The number of nitrogens with one attached hydrogen (secondary N) is 2. The summed E-state index contributed by atoms with van der Waals surface area (Å²) in [6, 6.07) is 8.41. The van der Waals surface area contributed by atoms with Crippen LogP contribution in [0.15, 0.2) is 33.7 Å². The highest BCUT2D eigenvalue weighted by molar-refractivity contribution is 14.0. The van der Waals surface area contributed by atoms with Gasteiger partial charge in [-0.3, -0.25) is 4.99 Å². The molecule has 1 unspecified atom stereocenters. The standard InChI is InChI=1S/C16H22BrN3O2S.HI/c1-18-15(20-14-5-8-23(21,22)10-14)19-11-16(6-7-16)12-3-2-4-13(17)9-12;/h2-4,9,14H,5-8,10-11H2,1H3,(H2,18,19,20);1H. The Labute approximate surface area is 169 Å². The van der Waals surface area contributed by atoms with Crippen molar-refractivity contribution >= 4 is 55.7 Å². The van der Waals surface area contributed by atoms with Gasteiger partial charge in [-0.2, -0.15) is 0 Å². The van der Waals surface area contributed by atoms with Crippen LogP contribution in [0.2, 0.25) is 0 Å². The molecule has 1 aliphatic heterocycles. The van der Waals surface area contributed by atoms with E-state index in [0.29, 0.717) is 12.4 Å². The van der Waals surface area contributed by atoms with E-state index in [9.17, 15) is 8.42 Å². The van der Waals surface area contributed by atoms with Crippen LogP contribution in [0.1, 0.15) is 24.8 Å². The first-order valence-electron chi connectivity index (χ1n) is 7.86. The summed E-state index contributed by atoms with van der Waals surface area (Å²) in [4.78, 5) is 4.23. The number of sulfone groups is 1. The van der Waals surface area contributed by atoms with Crippen LogP contribution >= 0.6 is 39.9 Å². The molecular weight excluding hydrogens is 505 g/mol. The second-order valence-electron chi connectivity index (χ2n) is 6.46. The molecule has 1 saturated heterocycles. The lowest BCUT2D eigenvalue weighted by atomic mass is 9.96. The third-order valence-electron chi connectivity index (χ3n) is 4.68. The number of hydrogen-bond acceptors (Lipinski definition) is 3. The van der Waals surface area contributed by atoms with Gasteiger partial charge in [-0.25, -0.2) is 8.42 Å². The molecule has 5 nitrogen and oxygen atoms in total. The second-order valence-corrected chi connectivity index (χ2v) is 9.61. The first-order valence-corrected chi connectivity index (χ1v) is 10.5. The second kappa shape index (κ2) is 7.90. The molecule has 1 atom stereocenters. The van der Waals surface area contributed by atoms with Gasteiger partial charge in [0.25, 0.3) is 0 Å². The van der Waals surface area contributed by atoms with Crippen molar-refractivity contribution in [2.75, 3.05) is 25.1 Å². The third-order valence-corrected chi connectivity index (χ3v) is 6.94. The Kier molecular flexibility index (Phi) is 6.58. The van der Waals surface area contributed by atoms with Crippen LogP contribution in [-0.4, -0.2) is 45.5 Å². The summed E-state index contributed by atoms with van der Waals surface area (Å²) in [7, 11) is -1.16. The van der Waals surface area contributed by atoms with Gasteiger partial charge in [0.1, 0.15) is 0 Å². The highest BCUT2D eigenvalue weighted by Gasteiger charge is 2.44. The summed E-state index contributed by atoms with van der Waals surface area (Å²) in [6.45, 7) is 0.808. The van der Waals surface area contributed by atoms with Crippen LogP contribution in [0.3, 0.4) is 0 Å². The lowest BCUT2D eigenvalue weighted by Crippen LogP contribution is -2.46. The van der Waals surface area contributed by atoms with Gasteiger partial charge in [-0.1, -0.05) is 28.1 Å². The Balaban J connectivity index is 0.00000208. The normalized spacial score (nSPS) is 24.1. The van der Waals surface area contributed by atoms with Gasteiger partial charge in [0, 0.05) is 29.5 Å². The quantitative estimate of drug-likeness (QED) is 0.358. The number of guanidine groups is 1. The number of hydrogen-bond donors (Lipinski definition) is 2. The minimum absolute atomic E-state index is 0. The van der Waals surface area contributed by atoms with E-state index in [0.717, 1.165) is 23.9 Å². The molecule has 0 spiro atoms. The van der Waals surface area contributed by atoms with E-state index in [2.05, 4.69) is 49.8 Å². The molecule has 134 valence electrons. The van der Waals surface area contributed by atoms with Crippen molar-refractivity contribution in [2.24, 2.45) is 4.99 Å². The third kappa shape index (κ3) is 4.85. The van der Waals surface area contributed by atoms with Crippen LogP contribution in [0, 0.1) is 0 Å². The van der Waals surface area contributed by atoms with E-state index in [-0.39, 0.29) is 46.9 Å². The van der Waals surface area contributed by atoms with Crippen molar-refractivity contribution in [3.05, 3.63) is 34.3 Å². The molecule has 1 heterocycles. The molecule has 8 heteroatoms. The summed E-state index contributed by atoms with van der Waals surface area (Å²) >= 11 is 3.53. The number of rotatable bonds is 4. The summed E-state index contributed by atoms with van der Waals surface area (Å²) in [5.41, 5.74) is 1.50. The molecule has 24 heavy (non-hydrogen) atoms. The van der Waals surface area contributed by atoms with Gasteiger partial charge in [-0.15, -0.1) is 24.0 Å². The van der Waals surface area contributed by atoms with Crippen molar-refractivity contribution in [3.63, 3.8) is 0 Å². The Hall–Kier alpha value is -0.350.